The first-order valence-corrected chi connectivity index (χ1v) is 9.86. The molecule has 1 atom stereocenters. The molecule has 1 aliphatic heterocycles. The van der Waals surface area contributed by atoms with E-state index in [9.17, 15) is 9.18 Å². The van der Waals surface area contributed by atoms with Gasteiger partial charge in [0.05, 0.1) is 0 Å². The molecule has 0 radical (unpaired) electrons. The van der Waals surface area contributed by atoms with Gasteiger partial charge < -0.3 is 9.80 Å². The molecule has 0 saturated carbocycles. The van der Waals surface area contributed by atoms with Gasteiger partial charge in [-0.3, -0.25) is 4.79 Å². The van der Waals surface area contributed by atoms with Crippen LogP contribution >= 0.6 is 0 Å². The second kappa shape index (κ2) is 9.91. The molecule has 1 saturated heterocycles. The Balaban J connectivity index is 1.96. The van der Waals surface area contributed by atoms with Crippen molar-refractivity contribution in [3.8, 4) is 0 Å². The van der Waals surface area contributed by atoms with Crippen LogP contribution in [0.15, 0.2) is 24.3 Å². The summed E-state index contributed by atoms with van der Waals surface area (Å²) < 4.78 is 13.2. The molecule has 1 aromatic rings. The van der Waals surface area contributed by atoms with Crippen LogP contribution in [0.2, 0.25) is 0 Å². The molecule has 1 aliphatic rings. The summed E-state index contributed by atoms with van der Waals surface area (Å²) in [6.45, 7) is 8.22. The van der Waals surface area contributed by atoms with Crippen molar-refractivity contribution in [1.29, 1.82) is 0 Å². The molecular formula is C21H33FN2O. The van der Waals surface area contributed by atoms with Crippen molar-refractivity contribution < 1.29 is 9.18 Å². The molecule has 1 aromatic carbocycles. The van der Waals surface area contributed by atoms with Gasteiger partial charge in [-0.05, 0) is 49.9 Å². The number of nitrogens with zero attached hydrogens (tertiary/aromatic N) is 2. The highest BCUT2D eigenvalue weighted by Crippen LogP contribution is 2.26. The van der Waals surface area contributed by atoms with Crippen LogP contribution in [0.25, 0.3) is 0 Å². The lowest BCUT2D eigenvalue weighted by molar-refractivity contribution is -0.117. The Labute approximate surface area is 152 Å². The number of benzene rings is 1. The first-order chi connectivity index (χ1) is 12.1. The Morgan fingerprint density at radius 3 is 2.36 bits per heavy atom. The SMILES string of the molecule is CCCCCC(CC)N1CCC(N(C(C)=O)c2ccc(F)cc2)CC1. The number of halogens is 1. The highest BCUT2D eigenvalue weighted by Gasteiger charge is 2.29. The van der Waals surface area contributed by atoms with Crippen molar-refractivity contribution in [2.24, 2.45) is 0 Å². The van der Waals surface area contributed by atoms with Gasteiger partial charge in [-0.2, -0.15) is 0 Å². The van der Waals surface area contributed by atoms with Crippen molar-refractivity contribution in [3.63, 3.8) is 0 Å². The number of unbranched alkanes of at least 4 members (excludes halogenated alkanes) is 2. The van der Waals surface area contributed by atoms with Crippen LogP contribution in [-0.2, 0) is 4.79 Å². The predicted molar refractivity (Wildman–Crippen MR) is 102 cm³/mol. The zero-order valence-electron chi connectivity index (χ0n) is 16.0. The van der Waals surface area contributed by atoms with Crippen LogP contribution in [0.1, 0.15) is 65.7 Å². The lowest BCUT2D eigenvalue weighted by Gasteiger charge is -2.41. The summed E-state index contributed by atoms with van der Waals surface area (Å²) in [4.78, 5) is 16.7. The van der Waals surface area contributed by atoms with Crippen LogP contribution in [0.4, 0.5) is 10.1 Å². The molecule has 1 amide bonds. The molecule has 1 heterocycles. The van der Waals surface area contributed by atoms with E-state index in [1.165, 1.54) is 44.2 Å². The molecule has 3 nitrogen and oxygen atoms in total. The van der Waals surface area contributed by atoms with Gasteiger partial charge >= 0.3 is 0 Å². The van der Waals surface area contributed by atoms with Crippen molar-refractivity contribution in [2.75, 3.05) is 18.0 Å². The van der Waals surface area contributed by atoms with Crippen LogP contribution in [0.3, 0.4) is 0 Å². The summed E-state index contributed by atoms with van der Waals surface area (Å²) in [5.74, 6) is -0.222. The molecule has 140 valence electrons. The molecule has 0 bridgehead atoms. The van der Waals surface area contributed by atoms with E-state index in [2.05, 4.69) is 18.7 Å². The number of hydrogen-bond donors (Lipinski definition) is 0. The van der Waals surface area contributed by atoms with Gasteiger partial charge in [-0.1, -0.05) is 33.1 Å². The fraction of sp³-hybridized carbons (Fsp3) is 0.667. The highest BCUT2D eigenvalue weighted by molar-refractivity contribution is 5.92. The second-order valence-corrected chi connectivity index (χ2v) is 7.19. The molecular weight excluding hydrogens is 315 g/mol. The molecule has 4 heteroatoms. The number of amides is 1. The van der Waals surface area contributed by atoms with Crippen molar-refractivity contribution in [3.05, 3.63) is 30.1 Å². The Bertz CT molecular complexity index is 523. The van der Waals surface area contributed by atoms with E-state index in [0.29, 0.717) is 6.04 Å². The Morgan fingerprint density at radius 1 is 1.20 bits per heavy atom. The summed E-state index contributed by atoms with van der Waals surface area (Å²) in [6.07, 6.45) is 8.35. The Hall–Kier alpha value is -1.42. The van der Waals surface area contributed by atoms with E-state index in [1.807, 2.05) is 4.90 Å². The zero-order chi connectivity index (χ0) is 18.2. The maximum Gasteiger partial charge on any atom is 0.224 e. The largest absolute Gasteiger partial charge is 0.310 e. The topological polar surface area (TPSA) is 23.6 Å². The molecule has 25 heavy (non-hydrogen) atoms. The van der Waals surface area contributed by atoms with Crippen LogP contribution in [0, 0.1) is 5.82 Å². The molecule has 2 rings (SSSR count). The minimum Gasteiger partial charge on any atom is -0.310 e. The van der Waals surface area contributed by atoms with E-state index >= 15 is 0 Å². The average Bonchev–Trinajstić information content (AvgIpc) is 2.61. The first-order valence-electron chi connectivity index (χ1n) is 9.86. The monoisotopic (exact) mass is 348 g/mol. The van der Waals surface area contributed by atoms with E-state index in [1.54, 1.807) is 19.1 Å². The van der Waals surface area contributed by atoms with Gasteiger partial charge in [-0.15, -0.1) is 0 Å². The normalized spacial score (nSPS) is 17.4. The summed E-state index contributed by atoms with van der Waals surface area (Å²) in [5, 5.41) is 0. The van der Waals surface area contributed by atoms with Crippen molar-refractivity contribution in [2.45, 2.75) is 77.8 Å². The van der Waals surface area contributed by atoms with Gasteiger partial charge in [0, 0.05) is 37.8 Å². The molecule has 0 aromatic heterocycles. The fourth-order valence-electron chi connectivity index (χ4n) is 4.04. The van der Waals surface area contributed by atoms with E-state index < -0.39 is 0 Å². The van der Waals surface area contributed by atoms with E-state index in [-0.39, 0.29) is 17.8 Å². The predicted octanol–water partition coefficient (Wildman–Crippen LogP) is 5.00. The Morgan fingerprint density at radius 2 is 1.84 bits per heavy atom. The number of likely N-dealkylation sites (tertiary alicyclic amines) is 1. The number of carbonyl (C=O) groups excluding carboxylic acids is 1. The third-order valence-electron chi connectivity index (χ3n) is 5.44. The maximum absolute atomic E-state index is 13.2. The van der Waals surface area contributed by atoms with E-state index in [0.717, 1.165) is 31.6 Å². The summed E-state index contributed by atoms with van der Waals surface area (Å²) in [5.41, 5.74) is 0.808. The molecule has 0 aliphatic carbocycles. The fourth-order valence-corrected chi connectivity index (χ4v) is 4.04. The van der Waals surface area contributed by atoms with Crippen LogP contribution in [-0.4, -0.2) is 36.0 Å². The number of carbonyl (C=O) groups is 1. The summed E-state index contributed by atoms with van der Waals surface area (Å²) in [7, 11) is 0. The van der Waals surface area contributed by atoms with Gasteiger partial charge in [0.1, 0.15) is 5.82 Å². The van der Waals surface area contributed by atoms with Crippen LogP contribution < -0.4 is 4.90 Å². The van der Waals surface area contributed by atoms with Crippen molar-refractivity contribution >= 4 is 11.6 Å². The summed E-state index contributed by atoms with van der Waals surface area (Å²) in [6, 6.07) is 7.17. The quantitative estimate of drug-likeness (QED) is 0.617. The lowest BCUT2D eigenvalue weighted by atomic mass is 9.97. The number of piperidine rings is 1. The minimum atomic E-state index is -0.264. The lowest BCUT2D eigenvalue weighted by Crippen LogP contribution is -2.49. The third-order valence-corrected chi connectivity index (χ3v) is 5.44. The number of anilines is 1. The van der Waals surface area contributed by atoms with Gasteiger partial charge in [0.15, 0.2) is 0 Å². The molecule has 1 fully saturated rings. The molecule has 1 unspecified atom stereocenters. The molecule has 0 spiro atoms. The smallest absolute Gasteiger partial charge is 0.224 e. The minimum absolute atomic E-state index is 0.0417. The zero-order valence-corrected chi connectivity index (χ0v) is 16.0. The van der Waals surface area contributed by atoms with Crippen LogP contribution in [0.5, 0.6) is 0 Å². The highest BCUT2D eigenvalue weighted by atomic mass is 19.1. The summed E-state index contributed by atoms with van der Waals surface area (Å²) >= 11 is 0. The maximum atomic E-state index is 13.2. The first kappa shape index (κ1) is 19.9. The van der Waals surface area contributed by atoms with E-state index in [4.69, 9.17) is 0 Å². The number of hydrogen-bond acceptors (Lipinski definition) is 2. The Kier molecular flexibility index (Phi) is 7.89. The van der Waals surface area contributed by atoms with Crippen molar-refractivity contribution in [1.82, 2.24) is 4.90 Å². The number of rotatable bonds is 8. The van der Waals surface area contributed by atoms with Gasteiger partial charge in [0.25, 0.3) is 0 Å². The van der Waals surface area contributed by atoms with Gasteiger partial charge in [0.2, 0.25) is 5.91 Å². The van der Waals surface area contributed by atoms with Gasteiger partial charge in [-0.25, -0.2) is 4.39 Å². The molecule has 0 N–H and O–H groups in total. The average molecular weight is 349 g/mol. The standard InChI is InChI=1S/C21H33FN2O/c1-4-6-7-8-19(5-2)23-15-13-21(14-16-23)24(17(3)25)20-11-9-18(22)10-12-20/h9-12,19,21H,4-8,13-16H2,1-3H3. The third kappa shape index (κ3) is 5.53. The second-order valence-electron chi connectivity index (χ2n) is 7.19.